The maximum Gasteiger partial charge on any atom is 0.146 e. The Hall–Kier alpha value is -1.27. The van der Waals surface area contributed by atoms with Crippen molar-refractivity contribution in [2.24, 2.45) is 23.7 Å². The van der Waals surface area contributed by atoms with E-state index in [1.54, 1.807) is 12.3 Å². The van der Waals surface area contributed by atoms with Crippen molar-refractivity contribution in [3.8, 4) is 6.07 Å². The molecule has 1 aromatic rings. The molecule has 0 aliphatic heterocycles. The van der Waals surface area contributed by atoms with Gasteiger partial charge in [-0.25, -0.2) is 4.98 Å². The summed E-state index contributed by atoms with van der Waals surface area (Å²) in [6.07, 6.45) is 5.90. The zero-order chi connectivity index (χ0) is 12.3. The molecule has 3 fully saturated rings. The molecule has 0 radical (unpaired) electrons. The van der Waals surface area contributed by atoms with Gasteiger partial charge in [-0.3, -0.25) is 0 Å². The van der Waals surface area contributed by atoms with Crippen LogP contribution in [0.3, 0.4) is 0 Å². The quantitative estimate of drug-likeness (QED) is 0.888. The van der Waals surface area contributed by atoms with Crippen LogP contribution in [0.4, 0.5) is 5.82 Å². The fourth-order valence-corrected chi connectivity index (χ4v) is 4.52. The van der Waals surface area contributed by atoms with Crippen LogP contribution in [0.1, 0.15) is 24.8 Å². The van der Waals surface area contributed by atoms with Gasteiger partial charge in [-0.2, -0.15) is 5.26 Å². The van der Waals surface area contributed by atoms with E-state index in [9.17, 15) is 0 Å². The van der Waals surface area contributed by atoms with Crippen LogP contribution < -0.4 is 5.32 Å². The average molecular weight is 260 g/mol. The van der Waals surface area contributed by atoms with Gasteiger partial charge in [0.25, 0.3) is 0 Å². The molecule has 4 rings (SSSR count). The van der Waals surface area contributed by atoms with Gasteiger partial charge in [-0.15, -0.1) is 0 Å². The topological polar surface area (TPSA) is 48.7 Å². The molecule has 4 unspecified atom stereocenters. The third kappa shape index (κ3) is 1.33. The number of rotatable bonds is 2. The van der Waals surface area contributed by atoms with Crippen molar-refractivity contribution < 1.29 is 0 Å². The average Bonchev–Trinajstić information content (AvgIpc) is 2.79. The van der Waals surface area contributed by atoms with E-state index in [1.807, 2.05) is 0 Å². The van der Waals surface area contributed by atoms with Gasteiger partial charge in [0.1, 0.15) is 16.9 Å². The van der Waals surface area contributed by atoms with Crippen LogP contribution in [-0.4, -0.2) is 11.0 Å². The normalized spacial score (nSPS) is 39.2. The smallest absolute Gasteiger partial charge is 0.146 e. The van der Waals surface area contributed by atoms with Gasteiger partial charge in [0.2, 0.25) is 0 Å². The molecule has 4 heteroatoms. The van der Waals surface area contributed by atoms with Gasteiger partial charge in [0.05, 0.1) is 5.56 Å². The van der Waals surface area contributed by atoms with Gasteiger partial charge in [0.15, 0.2) is 0 Å². The largest absolute Gasteiger partial charge is 0.365 e. The zero-order valence-corrected chi connectivity index (χ0v) is 10.7. The summed E-state index contributed by atoms with van der Waals surface area (Å²) < 4.78 is 0. The number of anilines is 1. The summed E-state index contributed by atoms with van der Waals surface area (Å²) in [6.45, 7) is 0. The Kier molecular flexibility index (Phi) is 2.14. The molecular weight excluding hydrogens is 246 g/mol. The molecule has 0 aromatic carbocycles. The van der Waals surface area contributed by atoms with Crippen LogP contribution >= 0.6 is 11.6 Å². The minimum absolute atomic E-state index is 0.470. The van der Waals surface area contributed by atoms with E-state index in [0.717, 1.165) is 23.7 Å². The second kappa shape index (κ2) is 3.61. The number of nitriles is 1. The highest BCUT2D eigenvalue weighted by Gasteiger charge is 2.65. The van der Waals surface area contributed by atoms with Crippen molar-refractivity contribution >= 4 is 17.4 Å². The lowest BCUT2D eigenvalue weighted by Gasteiger charge is -2.12. The Morgan fingerprint density at radius 1 is 1.33 bits per heavy atom. The van der Waals surface area contributed by atoms with Crippen LogP contribution in [0, 0.1) is 35.0 Å². The summed E-state index contributed by atoms with van der Waals surface area (Å²) in [7, 11) is 0. The lowest BCUT2D eigenvalue weighted by Crippen LogP contribution is -2.14. The SMILES string of the molecule is N#Cc1ccnc(NC2C3C4CCC(C4)C23)c1Cl. The van der Waals surface area contributed by atoms with E-state index in [2.05, 4.69) is 16.4 Å². The van der Waals surface area contributed by atoms with Gasteiger partial charge in [0, 0.05) is 12.2 Å². The fraction of sp³-hybridized carbons (Fsp3) is 0.571. The van der Waals surface area contributed by atoms with E-state index >= 15 is 0 Å². The van der Waals surface area contributed by atoms with Gasteiger partial charge in [-0.05, 0) is 49.0 Å². The molecule has 0 spiro atoms. The van der Waals surface area contributed by atoms with Crippen molar-refractivity contribution in [1.29, 1.82) is 5.26 Å². The number of nitrogens with zero attached hydrogens (tertiary/aromatic N) is 2. The van der Waals surface area contributed by atoms with Gasteiger partial charge < -0.3 is 5.32 Å². The number of hydrogen-bond acceptors (Lipinski definition) is 3. The van der Waals surface area contributed by atoms with Gasteiger partial charge >= 0.3 is 0 Å². The molecule has 92 valence electrons. The minimum atomic E-state index is 0.470. The van der Waals surface area contributed by atoms with E-state index in [0.29, 0.717) is 22.4 Å². The fourth-order valence-electron chi connectivity index (χ4n) is 4.31. The van der Waals surface area contributed by atoms with Crippen molar-refractivity contribution in [3.63, 3.8) is 0 Å². The Labute approximate surface area is 111 Å². The first-order valence-corrected chi connectivity index (χ1v) is 6.98. The predicted molar refractivity (Wildman–Crippen MR) is 69.2 cm³/mol. The number of pyridine rings is 1. The monoisotopic (exact) mass is 259 g/mol. The van der Waals surface area contributed by atoms with Crippen LogP contribution in [0.25, 0.3) is 0 Å². The second-order valence-electron chi connectivity index (χ2n) is 5.79. The lowest BCUT2D eigenvalue weighted by atomic mass is 10.0. The molecule has 1 N–H and O–H groups in total. The molecule has 18 heavy (non-hydrogen) atoms. The maximum absolute atomic E-state index is 8.96. The second-order valence-corrected chi connectivity index (χ2v) is 6.17. The highest BCUT2D eigenvalue weighted by atomic mass is 35.5. The standard InChI is InChI=1S/C14H14ClN3/c15-12-9(6-16)3-4-17-14(12)18-13-10-7-1-2-8(5-7)11(10)13/h3-4,7-8,10-11,13H,1-2,5H2,(H,17,18). The first-order chi connectivity index (χ1) is 8.79. The number of fused-ring (bicyclic) bond motifs is 5. The molecule has 2 bridgehead atoms. The molecular formula is C14H14ClN3. The van der Waals surface area contributed by atoms with Crippen molar-refractivity contribution in [2.75, 3.05) is 5.32 Å². The van der Waals surface area contributed by atoms with Crippen molar-refractivity contribution in [3.05, 3.63) is 22.8 Å². The summed E-state index contributed by atoms with van der Waals surface area (Å²) in [5.41, 5.74) is 0.503. The first-order valence-electron chi connectivity index (χ1n) is 6.60. The van der Waals surface area contributed by atoms with Crippen LogP contribution in [0.5, 0.6) is 0 Å². The molecule has 3 saturated carbocycles. The Balaban J connectivity index is 1.56. The first kappa shape index (κ1) is 10.6. The summed E-state index contributed by atoms with van der Waals surface area (Å²) in [4.78, 5) is 4.27. The van der Waals surface area contributed by atoms with E-state index < -0.39 is 0 Å². The van der Waals surface area contributed by atoms with Crippen LogP contribution in [0.15, 0.2) is 12.3 Å². The summed E-state index contributed by atoms with van der Waals surface area (Å²) in [6, 6.07) is 4.31. The number of nitrogens with one attached hydrogen (secondary N) is 1. The van der Waals surface area contributed by atoms with E-state index in [1.165, 1.54) is 19.3 Å². The predicted octanol–water partition coefficient (Wildman–Crippen LogP) is 3.06. The number of hydrogen-bond donors (Lipinski definition) is 1. The van der Waals surface area contributed by atoms with E-state index in [4.69, 9.17) is 16.9 Å². The number of aromatic nitrogens is 1. The molecule has 0 saturated heterocycles. The summed E-state index contributed by atoms with van der Waals surface area (Å²) in [5, 5.41) is 12.9. The van der Waals surface area contributed by atoms with E-state index in [-0.39, 0.29) is 0 Å². The Morgan fingerprint density at radius 2 is 2.06 bits per heavy atom. The molecule has 4 atom stereocenters. The van der Waals surface area contributed by atoms with Crippen molar-refractivity contribution in [1.82, 2.24) is 4.98 Å². The molecule has 3 aliphatic rings. The van der Waals surface area contributed by atoms with Gasteiger partial charge in [-0.1, -0.05) is 11.6 Å². The molecule has 0 amide bonds. The zero-order valence-electron chi connectivity index (χ0n) is 9.94. The maximum atomic E-state index is 8.96. The Morgan fingerprint density at radius 3 is 2.72 bits per heavy atom. The molecule has 1 aromatic heterocycles. The lowest BCUT2D eigenvalue weighted by molar-refractivity contribution is 0.456. The third-order valence-corrected chi connectivity index (χ3v) is 5.43. The molecule has 3 aliphatic carbocycles. The Bertz CT molecular complexity index is 534. The van der Waals surface area contributed by atoms with Crippen LogP contribution in [0.2, 0.25) is 5.02 Å². The number of halogens is 1. The van der Waals surface area contributed by atoms with Crippen molar-refractivity contribution in [2.45, 2.75) is 25.3 Å². The minimum Gasteiger partial charge on any atom is -0.365 e. The molecule has 3 nitrogen and oxygen atoms in total. The third-order valence-electron chi connectivity index (χ3n) is 5.05. The highest BCUT2D eigenvalue weighted by Crippen LogP contribution is 2.66. The van der Waals surface area contributed by atoms with Crippen LogP contribution in [-0.2, 0) is 0 Å². The summed E-state index contributed by atoms with van der Waals surface area (Å²) >= 11 is 6.18. The highest BCUT2D eigenvalue weighted by molar-refractivity contribution is 6.34. The molecule has 1 heterocycles. The summed E-state index contributed by atoms with van der Waals surface area (Å²) in [5.74, 6) is 4.22.